The molecule has 1 aliphatic carbocycles. The lowest BCUT2D eigenvalue weighted by Crippen LogP contribution is -2.53. The minimum atomic E-state index is -0.0764. The predicted octanol–water partition coefficient (Wildman–Crippen LogP) is 2.95. The Labute approximate surface area is 155 Å². The Balaban J connectivity index is 1.55. The lowest BCUT2D eigenvalue weighted by atomic mass is 10.2. The third-order valence-electron chi connectivity index (χ3n) is 4.96. The standard InChI is InChI=1S/C20H30N2O4/c1-15-12-22(13-18(25-15)14-24-2)20(23)21-11-16-7-3-6-10-19(16)26-17-8-4-5-9-17/h3,6-7,10,15,17-18H,4-5,8-9,11-14H2,1-2H3,(H,21,23). The highest BCUT2D eigenvalue weighted by atomic mass is 16.5. The minimum absolute atomic E-state index is 0.00707. The van der Waals surface area contributed by atoms with Crippen molar-refractivity contribution in [2.24, 2.45) is 0 Å². The molecule has 26 heavy (non-hydrogen) atoms. The van der Waals surface area contributed by atoms with Crippen LogP contribution in [0.1, 0.15) is 38.2 Å². The molecule has 2 aliphatic rings. The number of hydrogen-bond donors (Lipinski definition) is 1. The molecular formula is C20H30N2O4. The molecule has 1 N–H and O–H groups in total. The molecule has 6 heteroatoms. The number of ether oxygens (including phenoxy) is 3. The maximum atomic E-state index is 12.6. The Morgan fingerprint density at radius 1 is 1.27 bits per heavy atom. The number of methoxy groups -OCH3 is 1. The van der Waals surface area contributed by atoms with Crippen LogP contribution in [0.3, 0.4) is 0 Å². The van der Waals surface area contributed by atoms with Crippen LogP contribution < -0.4 is 10.1 Å². The predicted molar refractivity (Wildman–Crippen MR) is 99.3 cm³/mol. The fourth-order valence-electron chi connectivity index (χ4n) is 3.72. The van der Waals surface area contributed by atoms with E-state index in [0.29, 0.717) is 32.3 Å². The molecule has 0 spiro atoms. The maximum Gasteiger partial charge on any atom is 0.317 e. The van der Waals surface area contributed by atoms with Gasteiger partial charge in [-0.1, -0.05) is 18.2 Å². The molecule has 2 amide bonds. The van der Waals surface area contributed by atoms with E-state index in [1.54, 1.807) is 12.0 Å². The number of urea groups is 1. The number of carbonyl (C=O) groups excluding carboxylic acids is 1. The average molecular weight is 362 g/mol. The van der Waals surface area contributed by atoms with Crippen molar-refractivity contribution in [3.05, 3.63) is 29.8 Å². The number of nitrogens with zero attached hydrogens (tertiary/aromatic N) is 1. The zero-order valence-electron chi connectivity index (χ0n) is 15.8. The van der Waals surface area contributed by atoms with Gasteiger partial charge in [0.05, 0.1) is 31.5 Å². The summed E-state index contributed by atoms with van der Waals surface area (Å²) in [4.78, 5) is 14.4. The van der Waals surface area contributed by atoms with E-state index in [2.05, 4.69) is 5.32 Å². The molecule has 1 aromatic rings. The molecule has 1 aliphatic heterocycles. The summed E-state index contributed by atoms with van der Waals surface area (Å²) < 4.78 is 17.1. The summed E-state index contributed by atoms with van der Waals surface area (Å²) in [6.45, 7) is 4.07. The maximum absolute atomic E-state index is 12.6. The number of para-hydroxylation sites is 1. The molecule has 1 saturated heterocycles. The molecule has 2 fully saturated rings. The molecule has 1 aromatic carbocycles. The van der Waals surface area contributed by atoms with Crippen LogP contribution in [0.25, 0.3) is 0 Å². The Hall–Kier alpha value is -1.79. The molecule has 0 bridgehead atoms. The lowest BCUT2D eigenvalue weighted by molar-refractivity contribution is -0.0897. The summed E-state index contributed by atoms with van der Waals surface area (Å²) in [5.74, 6) is 0.882. The summed E-state index contributed by atoms with van der Waals surface area (Å²) in [6.07, 6.45) is 4.95. The van der Waals surface area contributed by atoms with E-state index in [9.17, 15) is 4.79 Å². The summed E-state index contributed by atoms with van der Waals surface area (Å²) in [5.41, 5.74) is 1.02. The van der Waals surface area contributed by atoms with Gasteiger partial charge in [-0.15, -0.1) is 0 Å². The number of nitrogens with one attached hydrogen (secondary N) is 1. The van der Waals surface area contributed by atoms with Crippen LogP contribution in [0.4, 0.5) is 4.79 Å². The highest BCUT2D eigenvalue weighted by Crippen LogP contribution is 2.26. The fourth-order valence-corrected chi connectivity index (χ4v) is 3.72. The molecule has 2 atom stereocenters. The number of hydrogen-bond acceptors (Lipinski definition) is 4. The average Bonchev–Trinajstić information content (AvgIpc) is 3.13. The second kappa shape index (κ2) is 9.24. The molecule has 0 radical (unpaired) electrons. The first-order chi connectivity index (χ1) is 12.7. The number of benzene rings is 1. The van der Waals surface area contributed by atoms with Crippen molar-refractivity contribution in [3.8, 4) is 5.75 Å². The number of rotatable bonds is 6. The van der Waals surface area contributed by atoms with Gasteiger partial charge in [-0.25, -0.2) is 4.79 Å². The number of morpholine rings is 1. The van der Waals surface area contributed by atoms with Crippen molar-refractivity contribution < 1.29 is 19.0 Å². The minimum Gasteiger partial charge on any atom is -0.490 e. The summed E-state index contributed by atoms with van der Waals surface area (Å²) in [7, 11) is 1.65. The quantitative estimate of drug-likeness (QED) is 0.845. The highest BCUT2D eigenvalue weighted by Gasteiger charge is 2.28. The fraction of sp³-hybridized carbons (Fsp3) is 0.650. The summed E-state index contributed by atoms with van der Waals surface area (Å²) >= 11 is 0. The van der Waals surface area contributed by atoms with Gasteiger partial charge in [0, 0.05) is 25.8 Å². The van der Waals surface area contributed by atoms with Crippen molar-refractivity contribution >= 4 is 6.03 Å². The van der Waals surface area contributed by atoms with E-state index in [-0.39, 0.29) is 18.2 Å². The third kappa shape index (κ3) is 5.11. The van der Waals surface area contributed by atoms with Gasteiger partial charge in [-0.05, 0) is 38.7 Å². The Morgan fingerprint density at radius 3 is 2.81 bits per heavy atom. The highest BCUT2D eigenvalue weighted by molar-refractivity contribution is 5.74. The first-order valence-electron chi connectivity index (χ1n) is 9.57. The SMILES string of the molecule is COCC1CN(C(=O)NCc2ccccc2OC2CCCC2)CC(C)O1. The Bertz CT molecular complexity index is 589. The van der Waals surface area contributed by atoms with E-state index in [1.807, 2.05) is 31.2 Å². The Morgan fingerprint density at radius 2 is 2.04 bits per heavy atom. The van der Waals surface area contributed by atoms with Crippen LogP contribution in [-0.4, -0.2) is 56.0 Å². The van der Waals surface area contributed by atoms with Crippen LogP contribution in [0, 0.1) is 0 Å². The van der Waals surface area contributed by atoms with E-state index in [0.717, 1.165) is 24.2 Å². The van der Waals surface area contributed by atoms with Gasteiger partial charge in [0.2, 0.25) is 0 Å². The number of carbonyl (C=O) groups is 1. The molecule has 1 saturated carbocycles. The van der Waals surface area contributed by atoms with E-state index in [1.165, 1.54) is 12.8 Å². The zero-order valence-corrected chi connectivity index (χ0v) is 15.8. The molecular weight excluding hydrogens is 332 g/mol. The van der Waals surface area contributed by atoms with Crippen LogP contribution in [0.15, 0.2) is 24.3 Å². The van der Waals surface area contributed by atoms with Crippen molar-refractivity contribution in [2.75, 3.05) is 26.8 Å². The van der Waals surface area contributed by atoms with Crippen LogP contribution in [0.2, 0.25) is 0 Å². The van der Waals surface area contributed by atoms with E-state index < -0.39 is 0 Å². The summed E-state index contributed by atoms with van der Waals surface area (Å²) in [6, 6.07) is 7.89. The van der Waals surface area contributed by atoms with E-state index >= 15 is 0 Å². The van der Waals surface area contributed by atoms with Crippen molar-refractivity contribution in [2.45, 2.75) is 57.5 Å². The Kier molecular flexibility index (Phi) is 6.74. The van der Waals surface area contributed by atoms with Gasteiger partial charge in [-0.2, -0.15) is 0 Å². The van der Waals surface area contributed by atoms with Gasteiger partial charge in [0.25, 0.3) is 0 Å². The van der Waals surface area contributed by atoms with Crippen molar-refractivity contribution in [3.63, 3.8) is 0 Å². The molecule has 3 rings (SSSR count). The van der Waals surface area contributed by atoms with Crippen LogP contribution >= 0.6 is 0 Å². The lowest BCUT2D eigenvalue weighted by Gasteiger charge is -2.36. The first-order valence-corrected chi connectivity index (χ1v) is 9.57. The smallest absolute Gasteiger partial charge is 0.317 e. The second-order valence-corrected chi connectivity index (χ2v) is 7.22. The molecule has 2 unspecified atom stereocenters. The van der Waals surface area contributed by atoms with Crippen LogP contribution in [-0.2, 0) is 16.0 Å². The zero-order chi connectivity index (χ0) is 18.4. The normalized spacial score (nSPS) is 23.8. The number of amides is 2. The molecule has 1 heterocycles. The van der Waals surface area contributed by atoms with Crippen molar-refractivity contribution in [1.82, 2.24) is 10.2 Å². The van der Waals surface area contributed by atoms with Gasteiger partial charge in [0.15, 0.2) is 0 Å². The van der Waals surface area contributed by atoms with Crippen molar-refractivity contribution in [1.29, 1.82) is 0 Å². The molecule has 6 nitrogen and oxygen atoms in total. The third-order valence-corrected chi connectivity index (χ3v) is 4.96. The first kappa shape index (κ1) is 19.0. The topological polar surface area (TPSA) is 60.0 Å². The van der Waals surface area contributed by atoms with Gasteiger partial charge in [0.1, 0.15) is 5.75 Å². The monoisotopic (exact) mass is 362 g/mol. The largest absolute Gasteiger partial charge is 0.490 e. The summed E-state index contributed by atoms with van der Waals surface area (Å²) in [5, 5.41) is 3.03. The van der Waals surface area contributed by atoms with Gasteiger partial charge >= 0.3 is 6.03 Å². The van der Waals surface area contributed by atoms with Gasteiger partial charge < -0.3 is 24.4 Å². The van der Waals surface area contributed by atoms with Crippen LogP contribution in [0.5, 0.6) is 5.75 Å². The second-order valence-electron chi connectivity index (χ2n) is 7.22. The molecule has 0 aromatic heterocycles. The molecule has 144 valence electrons. The van der Waals surface area contributed by atoms with E-state index in [4.69, 9.17) is 14.2 Å². The van der Waals surface area contributed by atoms with Gasteiger partial charge in [-0.3, -0.25) is 0 Å².